The van der Waals surface area contributed by atoms with Crippen molar-refractivity contribution in [2.24, 2.45) is 0 Å². The van der Waals surface area contributed by atoms with Gasteiger partial charge in [-0.25, -0.2) is 0 Å². The summed E-state index contributed by atoms with van der Waals surface area (Å²) in [5.41, 5.74) is 0. The Morgan fingerprint density at radius 2 is 2.08 bits per heavy atom. The van der Waals surface area contributed by atoms with Crippen molar-refractivity contribution in [1.29, 1.82) is 0 Å². The zero-order valence-electron chi connectivity index (χ0n) is 8.50. The van der Waals surface area contributed by atoms with Crippen LogP contribution in [-0.4, -0.2) is 37.1 Å². The summed E-state index contributed by atoms with van der Waals surface area (Å²) in [6.45, 7) is 2.63. The molecular weight excluding hydrogens is 160 g/mol. The molecule has 13 heavy (non-hydrogen) atoms. The van der Waals surface area contributed by atoms with Crippen LogP contribution in [0, 0.1) is 0 Å². The van der Waals surface area contributed by atoms with Crippen LogP contribution in [0.4, 0.5) is 0 Å². The monoisotopic (exact) mass is 180 g/mol. The molecule has 0 spiro atoms. The smallest absolute Gasteiger partial charge is 0.0405 e. The lowest BCUT2D eigenvalue weighted by Gasteiger charge is -2.34. The summed E-state index contributed by atoms with van der Waals surface area (Å²) in [7, 11) is 2.07. The van der Waals surface area contributed by atoms with Crippen LogP contribution in [0.3, 0.4) is 0 Å². The fourth-order valence-corrected chi connectivity index (χ4v) is 2.59. The lowest BCUT2D eigenvalue weighted by atomic mass is 9.95. The van der Waals surface area contributed by atoms with Gasteiger partial charge in [0, 0.05) is 12.1 Å². The van der Waals surface area contributed by atoms with E-state index in [1.54, 1.807) is 0 Å². The molecule has 2 rings (SSSR count). The molecular formula is C11H20N2. The molecule has 1 aliphatic heterocycles. The highest BCUT2D eigenvalue weighted by atomic mass is 15.2. The molecule has 2 aliphatic rings. The molecule has 1 aliphatic carbocycles. The third kappa shape index (κ3) is 1.94. The van der Waals surface area contributed by atoms with E-state index in [2.05, 4.69) is 29.4 Å². The van der Waals surface area contributed by atoms with Gasteiger partial charge in [-0.1, -0.05) is 12.2 Å². The second-order valence-corrected chi connectivity index (χ2v) is 4.13. The van der Waals surface area contributed by atoms with E-state index >= 15 is 0 Å². The Bertz CT molecular complexity index is 183. The fraction of sp³-hybridized carbons (Fsp3) is 0.818. The highest BCUT2D eigenvalue weighted by Gasteiger charge is 2.27. The highest BCUT2D eigenvalue weighted by Crippen LogP contribution is 2.21. The predicted octanol–water partition coefficient (Wildman–Crippen LogP) is 1.39. The molecule has 1 N–H and O–H groups in total. The Morgan fingerprint density at radius 1 is 1.31 bits per heavy atom. The average Bonchev–Trinajstić information content (AvgIpc) is 2.70. The normalized spacial score (nSPS) is 35.5. The largest absolute Gasteiger partial charge is 0.312 e. The quantitative estimate of drug-likeness (QED) is 0.646. The molecule has 0 saturated carbocycles. The van der Waals surface area contributed by atoms with Crippen LogP contribution in [0.1, 0.15) is 25.7 Å². The van der Waals surface area contributed by atoms with Crippen LogP contribution in [0.25, 0.3) is 0 Å². The van der Waals surface area contributed by atoms with Gasteiger partial charge in [0.1, 0.15) is 0 Å². The van der Waals surface area contributed by atoms with Gasteiger partial charge in [0.05, 0.1) is 0 Å². The first-order valence-electron chi connectivity index (χ1n) is 5.50. The minimum Gasteiger partial charge on any atom is -0.312 e. The lowest BCUT2D eigenvalue weighted by Crippen LogP contribution is -2.48. The van der Waals surface area contributed by atoms with E-state index in [1.807, 2.05) is 0 Å². The molecule has 0 aromatic rings. The van der Waals surface area contributed by atoms with Gasteiger partial charge in [0.25, 0.3) is 0 Å². The standard InChI is InChI=1S/C11H20N2/c1-12-10-6-2-3-7-11(10)13-8-4-5-9-13/h2,6,10-12H,3-5,7-9H2,1H3/t10-,11-/m0/s1. The lowest BCUT2D eigenvalue weighted by molar-refractivity contribution is 0.198. The van der Waals surface area contributed by atoms with Crippen LogP contribution >= 0.6 is 0 Å². The maximum Gasteiger partial charge on any atom is 0.0405 e. The first kappa shape index (κ1) is 9.22. The Morgan fingerprint density at radius 3 is 2.77 bits per heavy atom. The maximum absolute atomic E-state index is 3.40. The molecule has 0 radical (unpaired) electrons. The molecule has 0 bridgehead atoms. The topological polar surface area (TPSA) is 15.3 Å². The van der Waals surface area contributed by atoms with E-state index in [0.29, 0.717) is 6.04 Å². The van der Waals surface area contributed by atoms with E-state index < -0.39 is 0 Å². The van der Waals surface area contributed by atoms with Crippen molar-refractivity contribution in [2.75, 3.05) is 20.1 Å². The predicted molar refractivity (Wildman–Crippen MR) is 55.8 cm³/mol. The molecule has 0 aromatic carbocycles. The fourth-order valence-electron chi connectivity index (χ4n) is 2.59. The summed E-state index contributed by atoms with van der Waals surface area (Å²) in [6.07, 6.45) is 10.1. The van der Waals surface area contributed by atoms with Crippen LogP contribution in [0.2, 0.25) is 0 Å². The van der Waals surface area contributed by atoms with E-state index in [1.165, 1.54) is 38.8 Å². The Kier molecular flexibility index (Phi) is 3.01. The number of likely N-dealkylation sites (tertiary alicyclic amines) is 1. The first-order chi connectivity index (χ1) is 6.42. The molecule has 1 fully saturated rings. The molecule has 0 amide bonds. The van der Waals surface area contributed by atoms with Gasteiger partial charge in [-0.15, -0.1) is 0 Å². The van der Waals surface area contributed by atoms with E-state index in [9.17, 15) is 0 Å². The molecule has 0 aromatic heterocycles. The maximum atomic E-state index is 3.40. The Balaban J connectivity index is 1.99. The minimum atomic E-state index is 0.590. The number of hydrogen-bond acceptors (Lipinski definition) is 2. The van der Waals surface area contributed by atoms with Crippen molar-refractivity contribution < 1.29 is 0 Å². The van der Waals surface area contributed by atoms with Crippen molar-refractivity contribution in [1.82, 2.24) is 10.2 Å². The van der Waals surface area contributed by atoms with E-state index in [-0.39, 0.29) is 0 Å². The number of nitrogens with zero attached hydrogens (tertiary/aromatic N) is 1. The summed E-state index contributed by atoms with van der Waals surface area (Å²) < 4.78 is 0. The summed E-state index contributed by atoms with van der Waals surface area (Å²) in [5.74, 6) is 0. The van der Waals surface area contributed by atoms with Crippen LogP contribution < -0.4 is 5.32 Å². The average molecular weight is 180 g/mol. The second kappa shape index (κ2) is 4.25. The van der Waals surface area contributed by atoms with Gasteiger partial charge in [-0.05, 0) is 45.8 Å². The van der Waals surface area contributed by atoms with Crippen LogP contribution in [0.5, 0.6) is 0 Å². The first-order valence-corrected chi connectivity index (χ1v) is 5.50. The van der Waals surface area contributed by atoms with Crippen molar-refractivity contribution in [3.8, 4) is 0 Å². The van der Waals surface area contributed by atoms with Gasteiger partial charge in [-0.3, -0.25) is 4.90 Å². The zero-order valence-corrected chi connectivity index (χ0v) is 8.50. The van der Waals surface area contributed by atoms with Gasteiger partial charge in [0.2, 0.25) is 0 Å². The SMILES string of the molecule is CN[C@H]1C=CCC[C@@H]1N1CCCC1. The van der Waals surface area contributed by atoms with Crippen LogP contribution in [0.15, 0.2) is 12.2 Å². The summed E-state index contributed by atoms with van der Waals surface area (Å²) in [6, 6.07) is 1.35. The second-order valence-electron chi connectivity index (χ2n) is 4.13. The van der Waals surface area contributed by atoms with Crippen molar-refractivity contribution in [3.63, 3.8) is 0 Å². The molecule has 2 nitrogen and oxygen atoms in total. The van der Waals surface area contributed by atoms with Crippen molar-refractivity contribution in [2.45, 2.75) is 37.8 Å². The number of rotatable bonds is 2. The number of allylic oxidation sites excluding steroid dienone is 1. The van der Waals surface area contributed by atoms with Crippen LogP contribution in [-0.2, 0) is 0 Å². The number of hydrogen-bond donors (Lipinski definition) is 1. The number of likely N-dealkylation sites (N-methyl/N-ethyl adjacent to an activating group) is 1. The zero-order chi connectivity index (χ0) is 9.10. The molecule has 2 heteroatoms. The molecule has 1 heterocycles. The summed E-state index contributed by atoms with van der Waals surface area (Å²) >= 11 is 0. The van der Waals surface area contributed by atoms with E-state index in [4.69, 9.17) is 0 Å². The van der Waals surface area contributed by atoms with Crippen molar-refractivity contribution >= 4 is 0 Å². The van der Waals surface area contributed by atoms with Crippen molar-refractivity contribution in [3.05, 3.63) is 12.2 Å². The third-order valence-corrected chi connectivity index (χ3v) is 3.33. The Hall–Kier alpha value is -0.340. The molecule has 2 atom stereocenters. The molecule has 1 saturated heterocycles. The van der Waals surface area contributed by atoms with Gasteiger partial charge < -0.3 is 5.32 Å². The number of nitrogens with one attached hydrogen (secondary N) is 1. The third-order valence-electron chi connectivity index (χ3n) is 3.33. The molecule has 74 valence electrons. The Labute approximate surface area is 81.0 Å². The van der Waals surface area contributed by atoms with E-state index in [0.717, 1.165) is 6.04 Å². The van der Waals surface area contributed by atoms with Gasteiger partial charge >= 0.3 is 0 Å². The van der Waals surface area contributed by atoms with Gasteiger partial charge in [-0.2, -0.15) is 0 Å². The summed E-state index contributed by atoms with van der Waals surface area (Å²) in [5, 5.41) is 3.40. The minimum absolute atomic E-state index is 0.590. The highest BCUT2D eigenvalue weighted by molar-refractivity contribution is 5.05. The molecule has 0 unspecified atom stereocenters. The summed E-state index contributed by atoms with van der Waals surface area (Å²) in [4.78, 5) is 2.66. The van der Waals surface area contributed by atoms with Gasteiger partial charge in [0.15, 0.2) is 0 Å².